The van der Waals surface area contributed by atoms with Gasteiger partial charge in [-0.25, -0.2) is 9.98 Å². The van der Waals surface area contributed by atoms with E-state index in [0.29, 0.717) is 16.3 Å². The molecule has 0 amide bonds. The molecule has 0 saturated carbocycles. The molecule has 5 rings (SSSR count). The molecule has 0 spiro atoms. The SMILES string of the molecule is Cc1[nH]cnc1-c1ccc(N=C(c2ccccc2)c2c(O)[nH]c3cc(Cl)ccc23)cc1. The molecule has 0 saturated heterocycles. The molecule has 0 atom stereocenters. The number of fused-ring (bicyclic) bond motifs is 1. The molecule has 6 heteroatoms. The van der Waals surface area contributed by atoms with E-state index in [1.165, 1.54) is 0 Å². The van der Waals surface area contributed by atoms with Crippen molar-refractivity contribution >= 4 is 33.9 Å². The first-order valence-corrected chi connectivity index (χ1v) is 10.2. The minimum atomic E-state index is 0.0589. The Kier molecular flexibility index (Phi) is 4.81. The Labute approximate surface area is 184 Å². The molecule has 31 heavy (non-hydrogen) atoms. The van der Waals surface area contributed by atoms with Gasteiger partial charge in [-0.05, 0) is 31.2 Å². The van der Waals surface area contributed by atoms with Crippen LogP contribution in [0.2, 0.25) is 5.02 Å². The second-order valence-electron chi connectivity index (χ2n) is 7.29. The highest BCUT2D eigenvalue weighted by molar-refractivity contribution is 6.31. The second kappa shape index (κ2) is 7.78. The van der Waals surface area contributed by atoms with E-state index in [2.05, 4.69) is 15.0 Å². The minimum absolute atomic E-state index is 0.0589. The van der Waals surface area contributed by atoms with Crippen LogP contribution in [-0.4, -0.2) is 25.8 Å². The number of halogens is 1. The molecule has 0 unspecified atom stereocenters. The normalized spacial score (nSPS) is 11.9. The Hall–Kier alpha value is -3.83. The summed E-state index contributed by atoms with van der Waals surface area (Å²) in [5.74, 6) is 0.0589. The van der Waals surface area contributed by atoms with Crippen LogP contribution in [0.5, 0.6) is 5.88 Å². The Balaban J connectivity index is 1.66. The van der Waals surface area contributed by atoms with Crippen LogP contribution in [0.3, 0.4) is 0 Å². The maximum Gasteiger partial charge on any atom is 0.199 e. The number of imidazole rings is 1. The molecular weight excluding hydrogens is 408 g/mol. The van der Waals surface area contributed by atoms with Crippen molar-refractivity contribution in [1.82, 2.24) is 15.0 Å². The lowest BCUT2D eigenvalue weighted by Gasteiger charge is -2.08. The average molecular weight is 427 g/mol. The highest BCUT2D eigenvalue weighted by Gasteiger charge is 2.18. The molecule has 2 aromatic heterocycles. The van der Waals surface area contributed by atoms with Crippen molar-refractivity contribution in [1.29, 1.82) is 0 Å². The number of H-pyrrole nitrogens is 2. The first-order chi connectivity index (χ1) is 15.1. The van der Waals surface area contributed by atoms with Gasteiger partial charge >= 0.3 is 0 Å². The highest BCUT2D eigenvalue weighted by Crippen LogP contribution is 2.33. The monoisotopic (exact) mass is 426 g/mol. The Morgan fingerprint density at radius 3 is 2.48 bits per heavy atom. The lowest BCUT2D eigenvalue weighted by atomic mass is 10.0. The number of hydrogen-bond donors (Lipinski definition) is 3. The van der Waals surface area contributed by atoms with Gasteiger partial charge in [0.2, 0.25) is 0 Å². The van der Waals surface area contributed by atoms with Crippen LogP contribution in [0.4, 0.5) is 5.69 Å². The van der Waals surface area contributed by atoms with Crippen LogP contribution in [0.25, 0.3) is 22.2 Å². The summed E-state index contributed by atoms with van der Waals surface area (Å²) in [6, 6.07) is 23.2. The van der Waals surface area contributed by atoms with Gasteiger partial charge in [0.15, 0.2) is 5.88 Å². The van der Waals surface area contributed by atoms with Crippen molar-refractivity contribution in [3.05, 3.63) is 101 Å². The van der Waals surface area contributed by atoms with Gasteiger partial charge in [-0.15, -0.1) is 0 Å². The lowest BCUT2D eigenvalue weighted by Crippen LogP contribution is -2.02. The maximum atomic E-state index is 10.7. The summed E-state index contributed by atoms with van der Waals surface area (Å²) >= 11 is 6.14. The van der Waals surface area contributed by atoms with E-state index in [-0.39, 0.29) is 5.88 Å². The number of aromatic nitrogens is 3. The van der Waals surface area contributed by atoms with Gasteiger partial charge in [-0.3, -0.25) is 0 Å². The van der Waals surface area contributed by atoms with Crippen LogP contribution in [0.1, 0.15) is 16.8 Å². The zero-order valence-corrected chi connectivity index (χ0v) is 17.5. The van der Waals surface area contributed by atoms with Gasteiger partial charge in [-0.1, -0.05) is 60.1 Å². The number of aromatic hydroxyl groups is 1. The number of benzene rings is 3. The van der Waals surface area contributed by atoms with Gasteiger partial charge < -0.3 is 15.1 Å². The lowest BCUT2D eigenvalue weighted by molar-refractivity contribution is 0.457. The number of aromatic amines is 2. The zero-order valence-electron chi connectivity index (χ0n) is 16.7. The van der Waals surface area contributed by atoms with Crippen molar-refractivity contribution in [2.45, 2.75) is 6.92 Å². The molecule has 5 aromatic rings. The van der Waals surface area contributed by atoms with E-state index in [9.17, 15) is 5.11 Å². The third kappa shape index (κ3) is 3.60. The van der Waals surface area contributed by atoms with Crippen molar-refractivity contribution in [2.24, 2.45) is 4.99 Å². The Morgan fingerprint density at radius 2 is 1.77 bits per heavy atom. The Bertz CT molecular complexity index is 1400. The fourth-order valence-corrected chi connectivity index (χ4v) is 3.90. The van der Waals surface area contributed by atoms with Crippen LogP contribution in [0, 0.1) is 6.92 Å². The summed E-state index contributed by atoms with van der Waals surface area (Å²) in [6.45, 7) is 1.99. The van der Waals surface area contributed by atoms with Gasteiger partial charge in [0.25, 0.3) is 0 Å². The average Bonchev–Trinajstić information content (AvgIpc) is 3.35. The molecule has 0 bridgehead atoms. The number of aryl methyl sites for hydroxylation is 1. The van der Waals surface area contributed by atoms with Gasteiger partial charge in [0, 0.05) is 27.2 Å². The van der Waals surface area contributed by atoms with E-state index in [4.69, 9.17) is 16.6 Å². The van der Waals surface area contributed by atoms with E-state index >= 15 is 0 Å². The number of nitrogens with one attached hydrogen (secondary N) is 2. The Morgan fingerprint density at radius 1 is 1.00 bits per heavy atom. The molecule has 0 aliphatic rings. The summed E-state index contributed by atoms with van der Waals surface area (Å²) in [6.07, 6.45) is 1.69. The highest BCUT2D eigenvalue weighted by atomic mass is 35.5. The molecule has 0 radical (unpaired) electrons. The molecule has 0 aliphatic heterocycles. The third-order valence-corrected chi connectivity index (χ3v) is 5.47. The number of hydrogen-bond acceptors (Lipinski definition) is 3. The standard InChI is InChI=1S/C25H19ClN4O/c1-15-23(28-14-27-15)17-7-10-19(11-8-17)29-24(16-5-3-2-4-6-16)22-20-12-9-18(26)13-21(20)30-25(22)31/h2-14,30-31H,1H3,(H,27,28). The molecule has 152 valence electrons. The van der Waals surface area contributed by atoms with Gasteiger partial charge in [0.05, 0.1) is 34.5 Å². The second-order valence-corrected chi connectivity index (χ2v) is 7.72. The largest absolute Gasteiger partial charge is 0.494 e. The van der Waals surface area contributed by atoms with Crippen molar-refractivity contribution in [2.75, 3.05) is 0 Å². The quantitative estimate of drug-likeness (QED) is 0.291. The zero-order chi connectivity index (χ0) is 21.4. The summed E-state index contributed by atoms with van der Waals surface area (Å²) in [5.41, 5.74) is 6.71. The van der Waals surface area contributed by atoms with Crippen LogP contribution < -0.4 is 0 Å². The van der Waals surface area contributed by atoms with E-state index < -0.39 is 0 Å². The maximum absolute atomic E-state index is 10.7. The van der Waals surface area contributed by atoms with Crippen LogP contribution in [-0.2, 0) is 0 Å². The smallest absolute Gasteiger partial charge is 0.199 e. The predicted octanol–water partition coefficient (Wildman–Crippen LogP) is 6.39. The third-order valence-electron chi connectivity index (χ3n) is 5.24. The minimum Gasteiger partial charge on any atom is -0.494 e. The van der Waals surface area contributed by atoms with Crippen molar-refractivity contribution in [3.63, 3.8) is 0 Å². The fraction of sp³-hybridized carbons (Fsp3) is 0.0400. The number of aliphatic imine (C=N–C) groups is 1. The molecule has 0 fully saturated rings. The van der Waals surface area contributed by atoms with Crippen molar-refractivity contribution in [3.8, 4) is 17.1 Å². The van der Waals surface area contributed by atoms with Crippen LogP contribution in [0.15, 0.2) is 84.1 Å². The van der Waals surface area contributed by atoms with Crippen LogP contribution >= 0.6 is 11.6 Å². The fourth-order valence-electron chi connectivity index (χ4n) is 3.73. The summed E-state index contributed by atoms with van der Waals surface area (Å²) in [5, 5.41) is 12.2. The topological polar surface area (TPSA) is 77.1 Å². The molecule has 0 aliphatic carbocycles. The first-order valence-electron chi connectivity index (χ1n) is 9.85. The summed E-state index contributed by atoms with van der Waals surface area (Å²) in [7, 11) is 0. The first kappa shape index (κ1) is 19.2. The van der Waals surface area contributed by atoms with E-state index in [1.807, 2.05) is 73.7 Å². The van der Waals surface area contributed by atoms with Crippen molar-refractivity contribution < 1.29 is 5.11 Å². The molecule has 2 heterocycles. The molecule has 3 aromatic carbocycles. The van der Waals surface area contributed by atoms with Gasteiger partial charge in [-0.2, -0.15) is 0 Å². The number of rotatable bonds is 4. The van der Waals surface area contributed by atoms with E-state index in [1.54, 1.807) is 12.4 Å². The summed E-state index contributed by atoms with van der Waals surface area (Å²) < 4.78 is 0. The molecular formula is C25H19ClN4O. The van der Waals surface area contributed by atoms with E-state index in [0.717, 1.165) is 39.1 Å². The molecule has 5 nitrogen and oxygen atoms in total. The molecule has 3 N–H and O–H groups in total. The summed E-state index contributed by atoms with van der Waals surface area (Å²) in [4.78, 5) is 15.4. The predicted molar refractivity (Wildman–Crippen MR) is 125 cm³/mol. The number of nitrogens with zero attached hydrogens (tertiary/aromatic N) is 2. The van der Waals surface area contributed by atoms with Gasteiger partial charge in [0.1, 0.15) is 0 Å².